The van der Waals surface area contributed by atoms with E-state index in [0.29, 0.717) is 10.8 Å². The molecule has 8 nitrogen and oxygen atoms in total. The van der Waals surface area contributed by atoms with Gasteiger partial charge in [-0.15, -0.1) is 0 Å². The van der Waals surface area contributed by atoms with E-state index in [1.54, 1.807) is 18.5 Å². The molecule has 0 spiro atoms. The molecule has 33 heavy (non-hydrogen) atoms. The molecule has 170 valence electrons. The molecular weight excluding hydrogens is 436 g/mol. The Morgan fingerprint density at radius 3 is 2.52 bits per heavy atom. The van der Waals surface area contributed by atoms with E-state index >= 15 is 0 Å². The smallest absolute Gasteiger partial charge is 0.243 e. The summed E-state index contributed by atoms with van der Waals surface area (Å²) in [6, 6.07) is 15.4. The molecule has 0 radical (unpaired) electrons. The van der Waals surface area contributed by atoms with E-state index in [1.807, 2.05) is 63.2 Å². The molecule has 1 aromatic heterocycles. The Morgan fingerprint density at radius 2 is 1.94 bits per heavy atom. The van der Waals surface area contributed by atoms with Crippen LogP contribution in [0, 0.1) is 34.0 Å². The number of amides is 2. The lowest BCUT2D eigenvalue weighted by atomic mass is 9.72. The standard InChI is InChI=1S/C24H26N6O2S/c1-23(2,3)18-11-19(30(29-18)15-9-7-6-8-10-15)27-20(31)14-33-22-17(13-26)24(4,5)16(12-25)21(32)28-22/h6-11,16H,14H2,1-5H3,(H,27,31)(H,28,32). The number of benzene rings is 1. The molecule has 1 atom stereocenters. The normalized spacial score (nSPS) is 17.7. The molecule has 1 aliphatic heterocycles. The summed E-state index contributed by atoms with van der Waals surface area (Å²) >= 11 is 1.06. The van der Waals surface area contributed by atoms with Crippen LogP contribution in [-0.4, -0.2) is 27.3 Å². The van der Waals surface area contributed by atoms with Gasteiger partial charge in [0, 0.05) is 16.9 Å². The minimum absolute atomic E-state index is 0.0289. The van der Waals surface area contributed by atoms with Crippen molar-refractivity contribution in [1.82, 2.24) is 15.1 Å². The number of rotatable bonds is 5. The molecule has 0 aliphatic carbocycles. The second kappa shape index (κ2) is 9.13. The first-order chi connectivity index (χ1) is 15.5. The molecule has 9 heteroatoms. The van der Waals surface area contributed by atoms with Gasteiger partial charge in [-0.05, 0) is 12.1 Å². The van der Waals surface area contributed by atoms with Gasteiger partial charge in [-0.25, -0.2) is 4.68 Å². The van der Waals surface area contributed by atoms with Crippen molar-refractivity contribution in [2.24, 2.45) is 11.3 Å². The van der Waals surface area contributed by atoms with E-state index in [2.05, 4.69) is 21.8 Å². The maximum atomic E-state index is 12.8. The Bertz CT molecular complexity index is 1190. The van der Waals surface area contributed by atoms with Gasteiger partial charge < -0.3 is 10.6 Å². The summed E-state index contributed by atoms with van der Waals surface area (Å²) in [5.74, 6) is -1.25. The largest absolute Gasteiger partial charge is 0.319 e. The molecule has 0 saturated heterocycles. The number of carbonyl (C=O) groups is 2. The second-order valence-electron chi connectivity index (χ2n) is 9.34. The fourth-order valence-electron chi connectivity index (χ4n) is 3.45. The van der Waals surface area contributed by atoms with E-state index in [0.717, 1.165) is 23.1 Å². The SMILES string of the molecule is CC(C)(C)c1cc(NC(=O)CSC2=C(C#N)C(C)(C)C(C#N)C(=O)N2)n(-c2ccccc2)n1. The molecular formula is C24H26N6O2S. The predicted octanol–water partition coefficient (Wildman–Crippen LogP) is 3.87. The van der Waals surface area contributed by atoms with Crippen LogP contribution in [0.25, 0.3) is 5.69 Å². The summed E-state index contributed by atoms with van der Waals surface area (Å²) in [4.78, 5) is 25.2. The predicted molar refractivity (Wildman–Crippen MR) is 127 cm³/mol. The Morgan fingerprint density at radius 1 is 1.27 bits per heavy atom. The van der Waals surface area contributed by atoms with Crippen LogP contribution < -0.4 is 10.6 Å². The van der Waals surface area contributed by atoms with Crippen molar-refractivity contribution in [2.45, 2.75) is 40.0 Å². The zero-order valence-electron chi connectivity index (χ0n) is 19.3. The highest BCUT2D eigenvalue weighted by Gasteiger charge is 2.44. The lowest BCUT2D eigenvalue weighted by molar-refractivity contribution is -0.125. The molecule has 0 bridgehead atoms. The number of para-hydroxylation sites is 1. The van der Waals surface area contributed by atoms with Gasteiger partial charge in [-0.3, -0.25) is 9.59 Å². The number of nitriles is 2. The van der Waals surface area contributed by atoms with E-state index in [-0.39, 0.29) is 22.6 Å². The van der Waals surface area contributed by atoms with Crippen LogP contribution in [0.15, 0.2) is 47.0 Å². The third kappa shape index (κ3) is 4.94. The maximum absolute atomic E-state index is 12.8. The number of aromatic nitrogens is 2. The number of hydrogen-bond donors (Lipinski definition) is 2. The lowest BCUT2D eigenvalue weighted by Crippen LogP contribution is -2.44. The second-order valence-corrected chi connectivity index (χ2v) is 10.3. The first-order valence-electron chi connectivity index (χ1n) is 10.4. The topological polar surface area (TPSA) is 124 Å². The number of hydrogen-bond acceptors (Lipinski definition) is 6. The zero-order valence-corrected chi connectivity index (χ0v) is 20.1. The first-order valence-corrected chi connectivity index (χ1v) is 11.4. The van der Waals surface area contributed by atoms with Crippen LogP contribution in [0.2, 0.25) is 0 Å². The number of thioether (sulfide) groups is 1. The number of nitrogens with zero attached hydrogens (tertiary/aromatic N) is 4. The van der Waals surface area contributed by atoms with E-state index in [1.165, 1.54) is 0 Å². The van der Waals surface area contributed by atoms with Gasteiger partial charge in [0.15, 0.2) is 0 Å². The monoisotopic (exact) mass is 462 g/mol. The van der Waals surface area contributed by atoms with Gasteiger partial charge in [0.25, 0.3) is 0 Å². The summed E-state index contributed by atoms with van der Waals surface area (Å²) in [5, 5.41) is 29.5. The molecule has 1 aliphatic rings. The minimum Gasteiger partial charge on any atom is -0.319 e. The quantitative estimate of drug-likeness (QED) is 0.695. The molecule has 0 fully saturated rings. The molecule has 2 amide bonds. The average molecular weight is 463 g/mol. The number of anilines is 1. The Balaban J connectivity index is 1.83. The molecule has 1 unspecified atom stereocenters. The van der Waals surface area contributed by atoms with Gasteiger partial charge in [0.05, 0.1) is 39.9 Å². The van der Waals surface area contributed by atoms with Gasteiger partial charge in [-0.1, -0.05) is 64.6 Å². The highest BCUT2D eigenvalue weighted by atomic mass is 32.2. The van der Waals surface area contributed by atoms with Crippen molar-refractivity contribution >= 4 is 29.4 Å². The number of carbonyl (C=O) groups excluding carboxylic acids is 2. The van der Waals surface area contributed by atoms with E-state index in [4.69, 9.17) is 0 Å². The van der Waals surface area contributed by atoms with Gasteiger partial charge in [0.2, 0.25) is 11.8 Å². The van der Waals surface area contributed by atoms with E-state index < -0.39 is 17.2 Å². The molecule has 1 aromatic carbocycles. The summed E-state index contributed by atoms with van der Waals surface area (Å²) < 4.78 is 1.69. The third-order valence-corrected chi connectivity index (χ3v) is 6.43. The Kier molecular flexibility index (Phi) is 6.66. The summed E-state index contributed by atoms with van der Waals surface area (Å²) in [5.41, 5.74) is 0.770. The van der Waals surface area contributed by atoms with E-state index in [9.17, 15) is 20.1 Å². The third-order valence-electron chi connectivity index (χ3n) is 5.43. The fraction of sp³-hybridized carbons (Fsp3) is 0.375. The molecule has 2 heterocycles. The summed E-state index contributed by atoms with van der Waals surface area (Å²) in [6.07, 6.45) is 0. The number of allylic oxidation sites excluding steroid dienone is 1. The Hall–Kier alpha value is -3.56. The van der Waals surface area contributed by atoms with Crippen molar-refractivity contribution in [1.29, 1.82) is 10.5 Å². The van der Waals surface area contributed by atoms with Gasteiger partial charge >= 0.3 is 0 Å². The first kappa shape index (κ1) is 24.1. The molecule has 2 N–H and O–H groups in total. The van der Waals surface area contributed by atoms with Crippen LogP contribution in [0.1, 0.15) is 40.3 Å². The molecule has 0 saturated carbocycles. The lowest BCUT2D eigenvalue weighted by Gasteiger charge is -2.34. The maximum Gasteiger partial charge on any atom is 0.243 e. The molecule has 2 aromatic rings. The van der Waals surface area contributed by atoms with Crippen LogP contribution in [0.4, 0.5) is 5.82 Å². The van der Waals surface area contributed by atoms with Crippen LogP contribution >= 0.6 is 11.8 Å². The summed E-state index contributed by atoms with van der Waals surface area (Å²) in [7, 11) is 0. The van der Waals surface area contributed by atoms with Gasteiger partial charge in [0.1, 0.15) is 11.7 Å². The van der Waals surface area contributed by atoms with Crippen molar-refractivity contribution in [3.63, 3.8) is 0 Å². The van der Waals surface area contributed by atoms with Crippen molar-refractivity contribution < 1.29 is 9.59 Å². The van der Waals surface area contributed by atoms with Crippen LogP contribution in [-0.2, 0) is 15.0 Å². The molecule has 3 rings (SSSR count). The van der Waals surface area contributed by atoms with Crippen molar-refractivity contribution in [3.05, 3.63) is 52.7 Å². The minimum atomic E-state index is -0.971. The summed E-state index contributed by atoms with van der Waals surface area (Å²) in [6.45, 7) is 9.51. The number of nitrogens with one attached hydrogen (secondary N) is 2. The van der Waals surface area contributed by atoms with Crippen molar-refractivity contribution in [3.8, 4) is 17.8 Å². The average Bonchev–Trinajstić information content (AvgIpc) is 3.16. The Labute approximate surface area is 197 Å². The van der Waals surface area contributed by atoms with Crippen LogP contribution in [0.3, 0.4) is 0 Å². The van der Waals surface area contributed by atoms with Crippen LogP contribution in [0.5, 0.6) is 0 Å². The fourth-order valence-corrected chi connectivity index (χ4v) is 4.43. The highest BCUT2D eigenvalue weighted by Crippen LogP contribution is 2.41. The highest BCUT2D eigenvalue weighted by molar-refractivity contribution is 8.03. The van der Waals surface area contributed by atoms with Crippen molar-refractivity contribution in [2.75, 3.05) is 11.1 Å². The zero-order chi connectivity index (χ0) is 24.4. The van der Waals surface area contributed by atoms with Gasteiger partial charge in [-0.2, -0.15) is 15.6 Å².